The Balaban J connectivity index is 2.62. The van der Waals surface area contributed by atoms with Gasteiger partial charge in [-0.3, -0.25) is 0 Å². The summed E-state index contributed by atoms with van der Waals surface area (Å²) in [7, 11) is 1.83. The predicted molar refractivity (Wildman–Crippen MR) is 66.6 cm³/mol. The molecule has 4 nitrogen and oxygen atoms in total. The van der Waals surface area contributed by atoms with Crippen LogP contribution in [0.25, 0.3) is 0 Å². The molecule has 5 heteroatoms. The van der Waals surface area contributed by atoms with Crippen molar-refractivity contribution in [3.05, 3.63) is 16.1 Å². The molecule has 90 valence electrons. The summed E-state index contributed by atoms with van der Waals surface area (Å²) in [6.07, 6.45) is 0. The Morgan fingerprint density at radius 2 is 2.06 bits per heavy atom. The fourth-order valence-corrected chi connectivity index (χ4v) is 2.33. The molecule has 0 bridgehead atoms. The lowest BCUT2D eigenvalue weighted by Crippen LogP contribution is -2.40. The average Bonchev–Trinajstić information content (AvgIpc) is 2.66. The molecular weight excluding hydrogens is 222 g/mol. The van der Waals surface area contributed by atoms with Crippen molar-refractivity contribution in [2.45, 2.75) is 27.3 Å². The summed E-state index contributed by atoms with van der Waals surface area (Å²) >= 11 is 1.60. The van der Waals surface area contributed by atoms with Gasteiger partial charge in [-0.25, -0.2) is 9.78 Å². The maximum atomic E-state index is 12.0. The zero-order valence-electron chi connectivity index (χ0n) is 10.4. The maximum absolute atomic E-state index is 12.0. The molecule has 0 aliphatic heterocycles. The van der Waals surface area contributed by atoms with E-state index < -0.39 is 0 Å². The van der Waals surface area contributed by atoms with Crippen molar-refractivity contribution in [3.8, 4) is 0 Å². The first-order valence-electron chi connectivity index (χ1n) is 5.49. The van der Waals surface area contributed by atoms with Crippen LogP contribution in [0.5, 0.6) is 0 Å². The van der Waals surface area contributed by atoms with Crippen LogP contribution < -0.4 is 0 Å². The van der Waals surface area contributed by atoms with Crippen molar-refractivity contribution in [1.29, 1.82) is 0 Å². The van der Waals surface area contributed by atoms with Gasteiger partial charge in [0.05, 0.1) is 17.7 Å². The predicted octanol–water partition coefficient (Wildman–Crippen LogP) is 2.35. The van der Waals surface area contributed by atoms with Gasteiger partial charge in [0.15, 0.2) is 0 Å². The largest absolute Gasteiger partial charge is 0.325 e. The normalized spacial score (nSPS) is 10.2. The van der Waals surface area contributed by atoms with E-state index in [1.807, 2.05) is 38.2 Å². The molecule has 0 saturated heterocycles. The zero-order chi connectivity index (χ0) is 12.1. The van der Waals surface area contributed by atoms with Gasteiger partial charge in [-0.2, -0.15) is 0 Å². The van der Waals surface area contributed by atoms with E-state index >= 15 is 0 Å². The molecule has 2 amide bonds. The Hall–Kier alpha value is -1.10. The maximum Gasteiger partial charge on any atom is 0.320 e. The van der Waals surface area contributed by atoms with Gasteiger partial charge in [0.25, 0.3) is 0 Å². The number of carbonyl (C=O) groups is 1. The smallest absolute Gasteiger partial charge is 0.320 e. The summed E-state index contributed by atoms with van der Waals surface area (Å²) in [6, 6.07) is 0.0813. The molecule has 0 spiro atoms. The third-order valence-corrected chi connectivity index (χ3v) is 3.51. The van der Waals surface area contributed by atoms with E-state index in [-0.39, 0.29) is 6.03 Å². The second-order valence-corrected chi connectivity index (χ2v) is 4.61. The van der Waals surface area contributed by atoms with E-state index in [0.717, 1.165) is 23.7 Å². The number of nitrogens with zero attached hydrogens (tertiary/aromatic N) is 3. The minimum absolute atomic E-state index is 0.0813. The lowest BCUT2D eigenvalue weighted by molar-refractivity contribution is 0.166. The number of aromatic nitrogens is 1. The number of amides is 2. The topological polar surface area (TPSA) is 36.4 Å². The van der Waals surface area contributed by atoms with Crippen LogP contribution >= 0.6 is 11.3 Å². The number of thiazole rings is 1. The molecule has 1 rings (SSSR count). The van der Waals surface area contributed by atoms with Gasteiger partial charge in [0.1, 0.15) is 0 Å². The van der Waals surface area contributed by atoms with E-state index in [2.05, 4.69) is 4.98 Å². The first-order chi connectivity index (χ1) is 7.60. The molecular formula is C11H19N3OS. The van der Waals surface area contributed by atoms with Crippen LogP contribution in [0.4, 0.5) is 4.79 Å². The molecule has 0 aromatic carbocycles. The van der Waals surface area contributed by atoms with Crippen LogP contribution in [-0.4, -0.2) is 41.0 Å². The van der Waals surface area contributed by atoms with Crippen molar-refractivity contribution < 1.29 is 4.79 Å². The quantitative estimate of drug-likeness (QED) is 0.811. The second kappa shape index (κ2) is 5.84. The van der Waals surface area contributed by atoms with Gasteiger partial charge >= 0.3 is 6.03 Å². The molecule has 1 heterocycles. The lowest BCUT2D eigenvalue weighted by Gasteiger charge is -2.25. The van der Waals surface area contributed by atoms with Gasteiger partial charge < -0.3 is 9.80 Å². The summed E-state index contributed by atoms with van der Waals surface area (Å²) in [5, 5.41) is 0. The van der Waals surface area contributed by atoms with Crippen LogP contribution in [0.15, 0.2) is 5.51 Å². The number of rotatable bonds is 4. The van der Waals surface area contributed by atoms with E-state index in [4.69, 9.17) is 0 Å². The summed E-state index contributed by atoms with van der Waals surface area (Å²) in [5.41, 5.74) is 2.84. The summed E-state index contributed by atoms with van der Waals surface area (Å²) < 4.78 is 0. The molecule has 0 unspecified atom stereocenters. The van der Waals surface area contributed by atoms with E-state index in [1.54, 1.807) is 16.2 Å². The molecule has 0 aliphatic carbocycles. The van der Waals surface area contributed by atoms with Crippen molar-refractivity contribution >= 4 is 17.4 Å². The first kappa shape index (κ1) is 13.0. The number of hydrogen-bond donors (Lipinski definition) is 0. The summed E-state index contributed by atoms with van der Waals surface area (Å²) in [6.45, 7) is 8.11. The monoisotopic (exact) mass is 241 g/mol. The molecule has 1 aromatic heterocycles. The van der Waals surface area contributed by atoms with Crippen LogP contribution in [0.1, 0.15) is 24.4 Å². The molecule has 16 heavy (non-hydrogen) atoms. The Bertz CT molecular complexity index is 347. The number of urea groups is 1. The van der Waals surface area contributed by atoms with Crippen molar-refractivity contribution in [3.63, 3.8) is 0 Å². The van der Waals surface area contributed by atoms with Gasteiger partial charge in [0, 0.05) is 25.0 Å². The summed E-state index contributed by atoms with van der Waals surface area (Å²) in [5.74, 6) is 0. The molecule has 0 radical (unpaired) electrons. The highest BCUT2D eigenvalue weighted by Gasteiger charge is 2.16. The molecule has 0 aliphatic rings. The third-order valence-electron chi connectivity index (χ3n) is 2.59. The SMILES string of the molecule is CCN(CC)C(=O)N(C)Cc1scnc1C. The van der Waals surface area contributed by atoms with Crippen molar-refractivity contribution in [2.75, 3.05) is 20.1 Å². The molecule has 0 N–H and O–H groups in total. The molecule has 0 saturated carbocycles. The number of carbonyl (C=O) groups excluding carboxylic acids is 1. The Kier molecular flexibility index (Phi) is 4.73. The van der Waals surface area contributed by atoms with Crippen molar-refractivity contribution in [2.24, 2.45) is 0 Å². The molecule has 0 fully saturated rings. The van der Waals surface area contributed by atoms with Gasteiger partial charge in [-0.05, 0) is 20.8 Å². The van der Waals surface area contributed by atoms with Crippen molar-refractivity contribution in [1.82, 2.24) is 14.8 Å². The van der Waals surface area contributed by atoms with Gasteiger partial charge in [0.2, 0.25) is 0 Å². The highest BCUT2D eigenvalue weighted by molar-refractivity contribution is 7.09. The zero-order valence-corrected chi connectivity index (χ0v) is 11.2. The van der Waals surface area contributed by atoms with Gasteiger partial charge in [-0.1, -0.05) is 0 Å². The van der Waals surface area contributed by atoms with E-state index in [1.165, 1.54) is 0 Å². The Morgan fingerprint density at radius 1 is 1.44 bits per heavy atom. The van der Waals surface area contributed by atoms with Crippen LogP contribution in [-0.2, 0) is 6.54 Å². The Labute approximate surface area is 101 Å². The van der Waals surface area contributed by atoms with E-state index in [9.17, 15) is 4.79 Å². The van der Waals surface area contributed by atoms with Crippen LogP contribution in [0.2, 0.25) is 0 Å². The molecule has 1 aromatic rings. The first-order valence-corrected chi connectivity index (χ1v) is 6.37. The van der Waals surface area contributed by atoms with Crippen LogP contribution in [0.3, 0.4) is 0 Å². The highest BCUT2D eigenvalue weighted by Crippen LogP contribution is 2.14. The minimum Gasteiger partial charge on any atom is -0.325 e. The lowest BCUT2D eigenvalue weighted by atomic mass is 10.4. The number of aryl methyl sites for hydroxylation is 1. The number of hydrogen-bond acceptors (Lipinski definition) is 3. The third kappa shape index (κ3) is 2.95. The van der Waals surface area contributed by atoms with E-state index in [0.29, 0.717) is 6.54 Å². The highest BCUT2D eigenvalue weighted by atomic mass is 32.1. The Morgan fingerprint density at radius 3 is 2.50 bits per heavy atom. The molecule has 0 atom stereocenters. The fraction of sp³-hybridized carbons (Fsp3) is 0.636. The standard InChI is InChI=1S/C11H19N3OS/c1-5-14(6-2)11(15)13(4)7-10-9(3)12-8-16-10/h8H,5-7H2,1-4H3. The minimum atomic E-state index is 0.0813. The van der Waals surface area contributed by atoms with Gasteiger partial charge in [-0.15, -0.1) is 11.3 Å². The van der Waals surface area contributed by atoms with Crippen LogP contribution in [0, 0.1) is 6.92 Å². The summed E-state index contributed by atoms with van der Waals surface area (Å²) in [4.78, 5) is 20.9. The second-order valence-electron chi connectivity index (χ2n) is 3.67. The average molecular weight is 241 g/mol. The fourth-order valence-electron chi connectivity index (χ4n) is 1.50.